The predicted octanol–water partition coefficient (Wildman–Crippen LogP) is 13.0. The van der Waals surface area contributed by atoms with Crippen LogP contribution in [0.4, 0.5) is 0 Å². The van der Waals surface area contributed by atoms with Gasteiger partial charge >= 0.3 is 0 Å². The molecule has 0 saturated carbocycles. The molecule has 0 atom stereocenters. The minimum atomic E-state index is -1.84. The lowest BCUT2D eigenvalue weighted by Crippen LogP contribution is -2.75. The van der Waals surface area contributed by atoms with Gasteiger partial charge in [-0.15, -0.1) is 0 Å². The Labute approximate surface area is 370 Å². The van der Waals surface area contributed by atoms with Crippen molar-refractivity contribution in [2.24, 2.45) is 5.41 Å². The van der Waals surface area contributed by atoms with Gasteiger partial charge in [-0.1, -0.05) is 237 Å². The SMILES string of the molecule is OCC(C(Oc1ccccc1)(c1ccccc1)c1ccccc1)(C(Oc1ccccc1)(c1ccccc1)c1ccccc1)C(Oc1ccccc1)(c1ccccc1)c1ccccc1. The van der Waals surface area contributed by atoms with E-state index in [0.717, 1.165) is 33.4 Å². The van der Waals surface area contributed by atoms with E-state index in [-0.39, 0.29) is 0 Å². The maximum atomic E-state index is 13.9. The van der Waals surface area contributed by atoms with Gasteiger partial charge in [-0.3, -0.25) is 0 Å². The molecule has 0 unspecified atom stereocenters. The molecule has 0 bridgehead atoms. The summed E-state index contributed by atoms with van der Waals surface area (Å²) in [6.45, 7) is -0.573. The first-order valence-electron chi connectivity index (χ1n) is 21.3. The molecule has 0 aliphatic heterocycles. The van der Waals surface area contributed by atoms with Gasteiger partial charge in [0.05, 0.1) is 6.61 Å². The van der Waals surface area contributed by atoms with Crippen LogP contribution in [-0.2, 0) is 16.8 Å². The van der Waals surface area contributed by atoms with Gasteiger partial charge in [-0.2, -0.15) is 0 Å². The highest BCUT2D eigenvalue weighted by molar-refractivity contribution is 5.58. The van der Waals surface area contributed by atoms with Crippen LogP contribution in [0, 0.1) is 5.41 Å². The third-order valence-corrected chi connectivity index (χ3v) is 12.2. The molecule has 308 valence electrons. The van der Waals surface area contributed by atoms with Gasteiger partial charge in [0.25, 0.3) is 0 Å². The summed E-state index contributed by atoms with van der Waals surface area (Å²) in [6, 6.07) is 91.0. The molecular formula is C59H48O4. The van der Waals surface area contributed by atoms with E-state index in [1.54, 1.807) is 0 Å². The summed E-state index contributed by atoms with van der Waals surface area (Å²) in [5.41, 5.74) is -2.40. The van der Waals surface area contributed by atoms with E-state index in [2.05, 4.69) is 72.8 Å². The molecule has 4 heteroatoms. The van der Waals surface area contributed by atoms with E-state index in [0.29, 0.717) is 17.2 Å². The van der Waals surface area contributed by atoms with Crippen LogP contribution in [0.25, 0.3) is 0 Å². The molecule has 0 aromatic heterocycles. The lowest BCUT2D eigenvalue weighted by molar-refractivity contribution is -0.245. The molecule has 0 aliphatic rings. The number of ether oxygens (including phenoxy) is 3. The van der Waals surface area contributed by atoms with E-state index in [4.69, 9.17) is 14.2 Å². The summed E-state index contributed by atoms with van der Waals surface area (Å²) in [4.78, 5) is 0. The van der Waals surface area contributed by atoms with Crippen LogP contribution in [0.3, 0.4) is 0 Å². The third-order valence-electron chi connectivity index (χ3n) is 12.2. The molecule has 9 aromatic carbocycles. The molecule has 4 nitrogen and oxygen atoms in total. The highest BCUT2D eigenvalue weighted by atomic mass is 16.5. The molecule has 0 spiro atoms. The fraction of sp³-hybridized carbons (Fsp3) is 0.0847. The Morgan fingerprint density at radius 3 is 0.556 bits per heavy atom. The van der Waals surface area contributed by atoms with Crippen LogP contribution in [0.15, 0.2) is 273 Å². The fourth-order valence-electron chi connectivity index (χ4n) is 9.70. The average Bonchev–Trinajstić information content (AvgIpc) is 3.38. The first-order valence-corrected chi connectivity index (χ1v) is 21.3. The van der Waals surface area contributed by atoms with Crippen molar-refractivity contribution in [3.8, 4) is 17.2 Å². The smallest absolute Gasteiger partial charge is 0.176 e. The molecule has 0 heterocycles. The zero-order valence-corrected chi connectivity index (χ0v) is 34.9. The normalized spacial score (nSPS) is 12.0. The van der Waals surface area contributed by atoms with E-state index in [9.17, 15) is 5.11 Å². The van der Waals surface area contributed by atoms with Crippen molar-refractivity contribution in [1.29, 1.82) is 0 Å². The predicted molar refractivity (Wildman–Crippen MR) is 252 cm³/mol. The lowest BCUT2D eigenvalue weighted by Gasteiger charge is -2.65. The monoisotopic (exact) mass is 820 g/mol. The average molecular weight is 821 g/mol. The lowest BCUT2D eigenvalue weighted by atomic mass is 9.44. The molecule has 0 radical (unpaired) electrons. The number of hydrogen-bond donors (Lipinski definition) is 1. The van der Waals surface area contributed by atoms with Crippen molar-refractivity contribution in [3.63, 3.8) is 0 Å². The van der Waals surface area contributed by atoms with Crippen molar-refractivity contribution < 1.29 is 19.3 Å². The third kappa shape index (κ3) is 7.05. The van der Waals surface area contributed by atoms with E-state index < -0.39 is 28.8 Å². The van der Waals surface area contributed by atoms with Gasteiger partial charge in [-0.05, 0) is 36.4 Å². The Morgan fingerprint density at radius 1 is 0.238 bits per heavy atom. The minimum Gasteiger partial charge on any atom is -0.477 e. The quantitative estimate of drug-likeness (QED) is 0.105. The van der Waals surface area contributed by atoms with E-state index in [1.165, 1.54) is 0 Å². The Bertz CT molecular complexity index is 2330. The molecule has 9 rings (SSSR count). The number of hydrogen-bond acceptors (Lipinski definition) is 4. The molecule has 0 saturated heterocycles. The van der Waals surface area contributed by atoms with Crippen LogP contribution in [0.2, 0.25) is 0 Å². The minimum absolute atomic E-state index is 0.573. The summed E-state index contributed by atoms with van der Waals surface area (Å²) in [5.74, 6) is 1.73. The van der Waals surface area contributed by atoms with E-state index in [1.807, 2.05) is 200 Å². The molecule has 0 amide bonds. The van der Waals surface area contributed by atoms with Crippen LogP contribution < -0.4 is 14.2 Å². The Kier molecular flexibility index (Phi) is 11.7. The molecule has 9 aromatic rings. The zero-order valence-electron chi connectivity index (χ0n) is 34.9. The summed E-state index contributed by atoms with van der Waals surface area (Å²) in [5, 5.41) is 13.9. The van der Waals surface area contributed by atoms with Gasteiger partial charge in [-0.25, -0.2) is 0 Å². The number of para-hydroxylation sites is 3. The van der Waals surface area contributed by atoms with Crippen molar-refractivity contribution in [1.82, 2.24) is 0 Å². The summed E-state index contributed by atoms with van der Waals surface area (Å²) in [7, 11) is 0. The van der Waals surface area contributed by atoms with Crippen molar-refractivity contribution in [3.05, 3.63) is 306 Å². The second kappa shape index (κ2) is 18.1. The number of rotatable bonds is 16. The molecule has 1 N–H and O–H groups in total. The summed E-state index contributed by atoms with van der Waals surface area (Å²) in [6.07, 6.45) is 0. The summed E-state index contributed by atoms with van der Waals surface area (Å²) < 4.78 is 24.3. The van der Waals surface area contributed by atoms with Crippen LogP contribution in [-0.4, -0.2) is 11.7 Å². The van der Waals surface area contributed by atoms with Crippen molar-refractivity contribution in [2.45, 2.75) is 16.8 Å². The number of aliphatic hydroxyl groups excluding tert-OH is 1. The zero-order chi connectivity index (χ0) is 42.8. The Balaban J connectivity index is 1.65. The van der Waals surface area contributed by atoms with Gasteiger partial charge in [0.15, 0.2) is 16.8 Å². The van der Waals surface area contributed by atoms with Gasteiger partial charge in [0, 0.05) is 33.4 Å². The second-order valence-corrected chi connectivity index (χ2v) is 15.5. The fourth-order valence-corrected chi connectivity index (χ4v) is 9.70. The number of benzene rings is 9. The van der Waals surface area contributed by atoms with Gasteiger partial charge < -0.3 is 19.3 Å². The van der Waals surface area contributed by atoms with Crippen LogP contribution >= 0.6 is 0 Å². The number of aliphatic hydroxyl groups is 1. The highest BCUT2D eigenvalue weighted by Crippen LogP contribution is 2.70. The van der Waals surface area contributed by atoms with Crippen LogP contribution in [0.1, 0.15) is 33.4 Å². The van der Waals surface area contributed by atoms with Crippen molar-refractivity contribution >= 4 is 0 Å². The van der Waals surface area contributed by atoms with E-state index >= 15 is 0 Å². The highest BCUT2D eigenvalue weighted by Gasteiger charge is 2.79. The van der Waals surface area contributed by atoms with Crippen molar-refractivity contribution in [2.75, 3.05) is 6.61 Å². The topological polar surface area (TPSA) is 47.9 Å². The largest absolute Gasteiger partial charge is 0.477 e. The Morgan fingerprint density at radius 2 is 0.397 bits per heavy atom. The molecule has 0 fully saturated rings. The second-order valence-electron chi connectivity index (χ2n) is 15.5. The standard InChI is InChI=1S/C59H48O4/c60-46-56(57(47-28-10-1-11-29-47,48-30-12-2-13-31-48)61-53-40-22-7-23-41-53,58(49-32-14-3-15-33-49,50-34-16-4-17-35-50)62-54-42-24-8-25-43-54)59(51-36-18-5-19-37-51,52-38-20-6-21-39-52)63-55-44-26-9-27-45-55/h1-45,60H,46H2. The van der Waals surface area contributed by atoms with Crippen LogP contribution in [0.5, 0.6) is 17.2 Å². The molecule has 63 heavy (non-hydrogen) atoms. The maximum Gasteiger partial charge on any atom is 0.176 e. The van der Waals surface area contributed by atoms with Gasteiger partial charge in [0.1, 0.15) is 22.7 Å². The first-order chi connectivity index (χ1) is 31.2. The Hall–Kier alpha value is -7.66. The molecule has 0 aliphatic carbocycles. The first kappa shape index (κ1) is 40.7. The van der Waals surface area contributed by atoms with Gasteiger partial charge in [0.2, 0.25) is 0 Å². The molecular weight excluding hydrogens is 773 g/mol. The summed E-state index contributed by atoms with van der Waals surface area (Å²) >= 11 is 0. The maximum absolute atomic E-state index is 13.9.